The number of benzene rings is 1. The van der Waals surface area contributed by atoms with Gasteiger partial charge in [-0.15, -0.1) is 11.8 Å². The van der Waals surface area contributed by atoms with Crippen molar-refractivity contribution in [2.75, 3.05) is 18.2 Å². The highest BCUT2D eigenvalue weighted by molar-refractivity contribution is 7.99. The first kappa shape index (κ1) is 21.1. The minimum absolute atomic E-state index is 0.0343. The lowest BCUT2D eigenvalue weighted by atomic mass is 10.2. The molecular formula is C19H26N2O5S. The van der Waals surface area contributed by atoms with Gasteiger partial charge < -0.3 is 20.1 Å². The molecule has 1 saturated heterocycles. The average Bonchev–Trinajstić information content (AvgIpc) is 3.14. The zero-order valence-corrected chi connectivity index (χ0v) is 16.3. The van der Waals surface area contributed by atoms with Gasteiger partial charge in [0.25, 0.3) is 0 Å². The number of carboxylic acid groups (broad SMARTS) is 1. The number of ether oxygens (including phenoxy) is 1. The van der Waals surface area contributed by atoms with E-state index in [1.807, 2.05) is 19.1 Å². The Labute approximate surface area is 163 Å². The van der Waals surface area contributed by atoms with Crippen LogP contribution >= 0.6 is 11.8 Å². The molecule has 0 aliphatic carbocycles. The van der Waals surface area contributed by atoms with Gasteiger partial charge in [-0.2, -0.15) is 0 Å². The van der Waals surface area contributed by atoms with Crippen molar-refractivity contribution in [1.29, 1.82) is 0 Å². The summed E-state index contributed by atoms with van der Waals surface area (Å²) in [6.07, 6.45) is 1.79. The Hall–Kier alpha value is -2.22. The molecule has 1 aromatic carbocycles. The number of rotatable bonds is 10. The predicted octanol–water partition coefficient (Wildman–Crippen LogP) is 2.25. The lowest BCUT2D eigenvalue weighted by molar-refractivity contribution is -0.138. The lowest BCUT2D eigenvalue weighted by Gasteiger charge is -2.23. The molecule has 8 heteroatoms. The molecule has 1 fully saturated rings. The van der Waals surface area contributed by atoms with Crippen molar-refractivity contribution in [1.82, 2.24) is 10.2 Å². The van der Waals surface area contributed by atoms with Gasteiger partial charge in [0.05, 0.1) is 12.5 Å². The van der Waals surface area contributed by atoms with Crippen LogP contribution in [0.2, 0.25) is 0 Å². The molecule has 0 spiro atoms. The minimum atomic E-state index is -0.833. The maximum absolute atomic E-state index is 12.4. The fourth-order valence-electron chi connectivity index (χ4n) is 2.69. The van der Waals surface area contributed by atoms with Crippen LogP contribution in [-0.4, -0.2) is 52.1 Å². The Morgan fingerprint density at radius 1 is 1.26 bits per heavy atom. The molecule has 1 atom stereocenters. The quantitative estimate of drug-likeness (QED) is 0.591. The normalized spacial score (nSPS) is 16.2. The second kappa shape index (κ2) is 10.8. The molecule has 1 aromatic rings. The van der Waals surface area contributed by atoms with Crippen LogP contribution in [0.15, 0.2) is 24.3 Å². The Bertz CT molecular complexity index is 650. The number of aliphatic carboxylic acids is 1. The first-order chi connectivity index (χ1) is 13.0. The van der Waals surface area contributed by atoms with Gasteiger partial charge in [0, 0.05) is 25.1 Å². The van der Waals surface area contributed by atoms with Gasteiger partial charge in [-0.3, -0.25) is 14.4 Å². The molecule has 2 rings (SSSR count). The standard InChI is InChI=1S/C19H26N2O5S/c1-2-4-17(22)21-13-27-12-16(21)19(25)20-11-14-6-8-15(9-7-14)26-10-3-5-18(23)24/h6-9,16H,2-5,10-13H2,1H3,(H,20,25)(H,23,24). The number of nitrogens with one attached hydrogen (secondary N) is 1. The molecular weight excluding hydrogens is 368 g/mol. The number of carbonyl (C=O) groups excluding carboxylic acids is 2. The van der Waals surface area contributed by atoms with E-state index in [4.69, 9.17) is 9.84 Å². The van der Waals surface area contributed by atoms with E-state index in [2.05, 4.69) is 5.32 Å². The summed E-state index contributed by atoms with van der Waals surface area (Å²) < 4.78 is 5.48. The van der Waals surface area contributed by atoms with Gasteiger partial charge >= 0.3 is 5.97 Å². The Morgan fingerprint density at radius 3 is 2.67 bits per heavy atom. The molecule has 7 nitrogen and oxygen atoms in total. The van der Waals surface area contributed by atoms with Crippen LogP contribution in [0.3, 0.4) is 0 Å². The maximum atomic E-state index is 12.4. The highest BCUT2D eigenvalue weighted by atomic mass is 32.2. The zero-order valence-electron chi connectivity index (χ0n) is 15.5. The second-order valence-corrected chi connectivity index (χ2v) is 7.34. The topological polar surface area (TPSA) is 95.9 Å². The lowest BCUT2D eigenvalue weighted by Crippen LogP contribution is -2.46. The number of carbonyl (C=O) groups is 3. The third-order valence-electron chi connectivity index (χ3n) is 4.16. The summed E-state index contributed by atoms with van der Waals surface area (Å²) in [7, 11) is 0. The third kappa shape index (κ3) is 6.78. The average molecular weight is 394 g/mol. The van der Waals surface area contributed by atoms with Crippen LogP contribution in [0.5, 0.6) is 5.75 Å². The van der Waals surface area contributed by atoms with Crippen molar-refractivity contribution in [3.63, 3.8) is 0 Å². The fraction of sp³-hybridized carbons (Fsp3) is 0.526. The summed E-state index contributed by atoms with van der Waals surface area (Å²) in [6, 6.07) is 6.91. The summed E-state index contributed by atoms with van der Waals surface area (Å²) in [5.74, 6) is 0.944. The SMILES string of the molecule is CCCC(=O)N1CSCC1C(=O)NCc1ccc(OCCCC(=O)O)cc1. The number of nitrogens with zero attached hydrogens (tertiary/aromatic N) is 1. The fourth-order valence-corrected chi connectivity index (χ4v) is 3.87. The minimum Gasteiger partial charge on any atom is -0.494 e. The van der Waals surface area contributed by atoms with E-state index in [1.54, 1.807) is 28.8 Å². The number of hydrogen-bond donors (Lipinski definition) is 2. The van der Waals surface area contributed by atoms with E-state index < -0.39 is 12.0 Å². The number of carboxylic acids is 1. The van der Waals surface area contributed by atoms with Crippen molar-refractivity contribution in [2.24, 2.45) is 0 Å². The molecule has 0 bridgehead atoms. The van der Waals surface area contributed by atoms with Gasteiger partial charge in [0.2, 0.25) is 11.8 Å². The van der Waals surface area contributed by atoms with E-state index in [0.717, 1.165) is 12.0 Å². The van der Waals surface area contributed by atoms with E-state index >= 15 is 0 Å². The number of hydrogen-bond acceptors (Lipinski definition) is 5. The smallest absolute Gasteiger partial charge is 0.303 e. The second-order valence-electron chi connectivity index (χ2n) is 6.34. The van der Waals surface area contributed by atoms with Gasteiger partial charge in [0.15, 0.2) is 0 Å². The van der Waals surface area contributed by atoms with Gasteiger partial charge in [-0.05, 0) is 30.5 Å². The van der Waals surface area contributed by atoms with Crippen molar-refractivity contribution in [3.05, 3.63) is 29.8 Å². The Kier molecular flexibility index (Phi) is 8.44. The van der Waals surface area contributed by atoms with Crippen LogP contribution < -0.4 is 10.1 Å². The molecule has 0 radical (unpaired) electrons. The third-order valence-corrected chi connectivity index (χ3v) is 5.18. The van der Waals surface area contributed by atoms with E-state index in [1.165, 1.54) is 0 Å². The molecule has 0 aromatic heterocycles. The predicted molar refractivity (Wildman–Crippen MR) is 104 cm³/mol. The molecule has 148 valence electrons. The van der Waals surface area contributed by atoms with Crippen LogP contribution in [0.4, 0.5) is 0 Å². The van der Waals surface area contributed by atoms with Crippen molar-refractivity contribution in [3.8, 4) is 5.75 Å². The summed E-state index contributed by atoms with van der Waals surface area (Å²) >= 11 is 1.60. The Morgan fingerprint density at radius 2 is 2.00 bits per heavy atom. The summed E-state index contributed by atoms with van der Waals surface area (Å²) in [5.41, 5.74) is 0.929. The Balaban J connectivity index is 1.77. The van der Waals surface area contributed by atoms with Crippen LogP contribution in [-0.2, 0) is 20.9 Å². The first-order valence-electron chi connectivity index (χ1n) is 9.09. The highest BCUT2D eigenvalue weighted by Crippen LogP contribution is 2.22. The molecule has 2 N–H and O–H groups in total. The van der Waals surface area contributed by atoms with E-state index in [9.17, 15) is 14.4 Å². The van der Waals surface area contributed by atoms with Crippen molar-refractivity contribution < 1.29 is 24.2 Å². The number of thioether (sulfide) groups is 1. The van der Waals surface area contributed by atoms with Crippen LogP contribution in [0, 0.1) is 0 Å². The molecule has 27 heavy (non-hydrogen) atoms. The largest absolute Gasteiger partial charge is 0.494 e. The van der Waals surface area contributed by atoms with Gasteiger partial charge in [0.1, 0.15) is 11.8 Å². The van der Waals surface area contributed by atoms with Crippen LogP contribution in [0.25, 0.3) is 0 Å². The molecule has 1 aliphatic rings. The van der Waals surface area contributed by atoms with E-state index in [0.29, 0.717) is 43.4 Å². The number of amides is 2. The first-order valence-corrected chi connectivity index (χ1v) is 10.2. The monoisotopic (exact) mass is 394 g/mol. The molecule has 1 unspecified atom stereocenters. The molecule has 2 amide bonds. The summed E-state index contributed by atoms with van der Waals surface area (Å²) in [5, 5.41) is 11.5. The van der Waals surface area contributed by atoms with Crippen molar-refractivity contribution >= 4 is 29.5 Å². The maximum Gasteiger partial charge on any atom is 0.303 e. The zero-order chi connectivity index (χ0) is 19.6. The van der Waals surface area contributed by atoms with Gasteiger partial charge in [-0.25, -0.2) is 0 Å². The van der Waals surface area contributed by atoms with Gasteiger partial charge in [-0.1, -0.05) is 19.1 Å². The van der Waals surface area contributed by atoms with E-state index in [-0.39, 0.29) is 18.2 Å². The summed E-state index contributed by atoms with van der Waals surface area (Å²) in [6.45, 7) is 2.69. The summed E-state index contributed by atoms with van der Waals surface area (Å²) in [4.78, 5) is 36.7. The van der Waals surface area contributed by atoms with Crippen LogP contribution in [0.1, 0.15) is 38.2 Å². The highest BCUT2D eigenvalue weighted by Gasteiger charge is 2.33. The molecule has 1 heterocycles. The van der Waals surface area contributed by atoms with Crippen molar-refractivity contribution in [2.45, 2.75) is 45.2 Å². The molecule has 0 saturated carbocycles. The molecule has 1 aliphatic heterocycles.